The van der Waals surface area contributed by atoms with Gasteiger partial charge in [-0.1, -0.05) is 19.1 Å². The molecule has 1 N–H and O–H groups in total. The summed E-state index contributed by atoms with van der Waals surface area (Å²) in [6, 6.07) is 8.30. The second-order valence-corrected chi connectivity index (χ2v) is 7.36. The van der Waals surface area contributed by atoms with Crippen LogP contribution in [-0.4, -0.2) is 66.6 Å². The maximum Gasteiger partial charge on any atom is 0.205 e. The molecule has 160 valence electrons. The first-order chi connectivity index (χ1) is 13.7. The number of aromatic nitrogens is 2. The third kappa shape index (κ3) is 6.70. The molecule has 1 aliphatic rings. The van der Waals surface area contributed by atoms with E-state index in [0.717, 1.165) is 68.2 Å². The molecule has 1 aromatic carbocycles. The van der Waals surface area contributed by atoms with Crippen LogP contribution in [-0.2, 0) is 12.8 Å². The zero-order valence-corrected chi connectivity index (χ0v) is 20.6. The third-order valence-corrected chi connectivity index (χ3v) is 5.56. The van der Waals surface area contributed by atoms with Gasteiger partial charge >= 0.3 is 0 Å². The van der Waals surface area contributed by atoms with Crippen LogP contribution in [0.2, 0.25) is 0 Å². The van der Waals surface area contributed by atoms with Crippen molar-refractivity contribution in [2.75, 3.05) is 51.3 Å². The summed E-state index contributed by atoms with van der Waals surface area (Å²) in [5, 5.41) is 4.53. The van der Waals surface area contributed by atoms with Gasteiger partial charge in [0.1, 0.15) is 11.6 Å². The van der Waals surface area contributed by atoms with Gasteiger partial charge in [-0.3, -0.25) is 4.99 Å². The Kier molecular flexibility index (Phi) is 9.92. The van der Waals surface area contributed by atoms with Crippen LogP contribution < -0.4 is 15.0 Å². The van der Waals surface area contributed by atoms with Crippen LogP contribution in [0.1, 0.15) is 25.2 Å². The highest BCUT2D eigenvalue weighted by Gasteiger charge is 2.21. The number of benzene rings is 1. The summed E-state index contributed by atoms with van der Waals surface area (Å²) in [5.74, 6) is 2.84. The van der Waals surface area contributed by atoms with E-state index in [0.29, 0.717) is 6.61 Å². The van der Waals surface area contributed by atoms with E-state index in [1.807, 2.05) is 26.1 Å². The first-order valence-corrected chi connectivity index (χ1v) is 10.8. The number of rotatable bonds is 7. The van der Waals surface area contributed by atoms with Gasteiger partial charge in [-0.05, 0) is 31.0 Å². The van der Waals surface area contributed by atoms with E-state index in [2.05, 4.69) is 48.5 Å². The van der Waals surface area contributed by atoms with Crippen LogP contribution in [0.3, 0.4) is 0 Å². The number of aryl methyl sites for hydroxylation is 1. The van der Waals surface area contributed by atoms with Gasteiger partial charge in [0.15, 0.2) is 5.96 Å². The van der Waals surface area contributed by atoms with Gasteiger partial charge in [-0.15, -0.1) is 24.0 Å². The second kappa shape index (κ2) is 12.2. The number of guanidine groups is 1. The lowest BCUT2D eigenvalue weighted by molar-refractivity contribution is 0.340. The topological polar surface area (TPSA) is 65.9 Å². The zero-order valence-electron chi connectivity index (χ0n) is 17.4. The normalized spacial score (nSPS) is 14.5. The molecular weight excluding hydrogens is 499 g/mol. The highest BCUT2D eigenvalue weighted by molar-refractivity contribution is 14.0. The fourth-order valence-electron chi connectivity index (χ4n) is 3.23. The SMILES string of the molecule is CCOc1cccc(CCNC(=NC)N2CCN(c3nc(CC)ns3)CC2)c1.I. The monoisotopic (exact) mass is 530 g/mol. The molecule has 1 aromatic heterocycles. The van der Waals surface area contributed by atoms with Crippen LogP contribution in [0.15, 0.2) is 29.3 Å². The Bertz CT molecular complexity index is 776. The molecule has 9 heteroatoms. The van der Waals surface area contributed by atoms with Crippen LogP contribution in [0.5, 0.6) is 5.75 Å². The number of nitrogens with zero attached hydrogens (tertiary/aromatic N) is 5. The van der Waals surface area contributed by atoms with E-state index in [9.17, 15) is 0 Å². The minimum Gasteiger partial charge on any atom is -0.494 e. The zero-order chi connectivity index (χ0) is 19.8. The fourth-order valence-corrected chi connectivity index (χ4v) is 4.04. The fraction of sp³-hybridized carbons (Fsp3) is 0.550. The van der Waals surface area contributed by atoms with Crippen molar-refractivity contribution < 1.29 is 4.74 Å². The lowest BCUT2D eigenvalue weighted by atomic mass is 10.1. The highest BCUT2D eigenvalue weighted by atomic mass is 127. The van der Waals surface area contributed by atoms with Crippen molar-refractivity contribution in [3.63, 3.8) is 0 Å². The van der Waals surface area contributed by atoms with Gasteiger partial charge in [0.2, 0.25) is 5.13 Å². The Morgan fingerprint density at radius 3 is 2.69 bits per heavy atom. The van der Waals surface area contributed by atoms with Gasteiger partial charge in [0.05, 0.1) is 6.61 Å². The summed E-state index contributed by atoms with van der Waals surface area (Å²) in [5.41, 5.74) is 1.27. The molecule has 1 saturated heterocycles. The van der Waals surface area contributed by atoms with Crippen molar-refractivity contribution in [1.82, 2.24) is 19.6 Å². The molecule has 0 amide bonds. The van der Waals surface area contributed by atoms with Gasteiger partial charge in [-0.25, -0.2) is 4.98 Å². The largest absolute Gasteiger partial charge is 0.494 e. The maximum absolute atomic E-state index is 5.58. The van der Waals surface area contributed by atoms with E-state index < -0.39 is 0 Å². The summed E-state index contributed by atoms with van der Waals surface area (Å²) >= 11 is 1.50. The smallest absolute Gasteiger partial charge is 0.205 e. The van der Waals surface area contributed by atoms with E-state index in [-0.39, 0.29) is 24.0 Å². The van der Waals surface area contributed by atoms with Crippen molar-refractivity contribution in [1.29, 1.82) is 0 Å². The molecule has 7 nitrogen and oxygen atoms in total. The number of hydrogen-bond acceptors (Lipinski definition) is 6. The van der Waals surface area contributed by atoms with E-state index in [1.165, 1.54) is 17.1 Å². The standard InChI is InChI=1S/C20H30N6OS.HI/c1-4-18-23-20(28-24-18)26-13-11-25(12-14-26)19(21-3)22-10-9-16-7-6-8-17(15-16)27-5-2;/h6-8,15H,4-5,9-14H2,1-3H3,(H,21,22);1H. The number of nitrogens with one attached hydrogen (secondary N) is 1. The maximum atomic E-state index is 5.58. The van der Waals surface area contributed by atoms with Crippen molar-refractivity contribution in [2.45, 2.75) is 26.7 Å². The van der Waals surface area contributed by atoms with Crippen LogP contribution in [0, 0.1) is 0 Å². The summed E-state index contributed by atoms with van der Waals surface area (Å²) in [6.45, 7) is 9.38. The van der Waals surface area contributed by atoms with Gasteiger partial charge in [-0.2, -0.15) is 4.37 Å². The summed E-state index contributed by atoms with van der Waals surface area (Å²) in [4.78, 5) is 13.7. The summed E-state index contributed by atoms with van der Waals surface area (Å²) < 4.78 is 9.98. The minimum atomic E-state index is 0. The molecule has 0 bridgehead atoms. The average Bonchev–Trinajstić information content (AvgIpc) is 3.21. The van der Waals surface area contributed by atoms with Crippen molar-refractivity contribution in [2.24, 2.45) is 4.99 Å². The second-order valence-electron chi connectivity index (χ2n) is 6.63. The predicted molar refractivity (Wildman–Crippen MR) is 131 cm³/mol. The number of piperazine rings is 1. The molecule has 2 heterocycles. The first-order valence-electron chi connectivity index (χ1n) is 9.98. The van der Waals surface area contributed by atoms with Gasteiger partial charge < -0.3 is 19.9 Å². The van der Waals surface area contributed by atoms with Crippen LogP contribution in [0.4, 0.5) is 5.13 Å². The minimum absolute atomic E-state index is 0. The molecule has 1 aliphatic heterocycles. The lowest BCUT2D eigenvalue weighted by Crippen LogP contribution is -2.52. The Labute approximate surface area is 194 Å². The third-order valence-electron chi connectivity index (χ3n) is 4.74. The molecule has 0 atom stereocenters. The number of hydrogen-bond donors (Lipinski definition) is 1. The van der Waals surface area contributed by atoms with E-state index in [1.54, 1.807) is 0 Å². The molecule has 29 heavy (non-hydrogen) atoms. The Morgan fingerprint density at radius 1 is 1.24 bits per heavy atom. The summed E-state index contributed by atoms with van der Waals surface area (Å²) in [7, 11) is 1.85. The van der Waals surface area contributed by atoms with Crippen molar-refractivity contribution in [3.05, 3.63) is 35.7 Å². The van der Waals surface area contributed by atoms with Crippen LogP contribution in [0.25, 0.3) is 0 Å². The Hall–Kier alpha value is -1.62. The van der Waals surface area contributed by atoms with E-state index in [4.69, 9.17) is 4.74 Å². The number of anilines is 1. The number of aliphatic imine (C=N–C) groups is 1. The summed E-state index contributed by atoms with van der Waals surface area (Å²) in [6.07, 6.45) is 1.82. The lowest BCUT2D eigenvalue weighted by Gasteiger charge is -2.36. The number of ether oxygens (including phenoxy) is 1. The van der Waals surface area contributed by atoms with Crippen molar-refractivity contribution >= 4 is 46.6 Å². The van der Waals surface area contributed by atoms with Crippen molar-refractivity contribution in [3.8, 4) is 5.75 Å². The molecule has 0 radical (unpaired) electrons. The quantitative estimate of drug-likeness (QED) is 0.338. The van der Waals surface area contributed by atoms with Gasteiger partial charge in [0, 0.05) is 57.7 Å². The molecule has 2 aromatic rings. The van der Waals surface area contributed by atoms with Gasteiger partial charge in [0.25, 0.3) is 0 Å². The van der Waals surface area contributed by atoms with Crippen LogP contribution >= 0.6 is 35.5 Å². The molecular formula is C20H31IN6OS. The van der Waals surface area contributed by atoms with E-state index >= 15 is 0 Å². The average molecular weight is 530 g/mol. The molecule has 0 unspecified atom stereocenters. The first kappa shape index (κ1) is 23.7. The molecule has 0 spiro atoms. The molecule has 1 fully saturated rings. The Morgan fingerprint density at radius 2 is 2.03 bits per heavy atom. The number of halogens is 1. The Balaban J connectivity index is 0.00000300. The predicted octanol–water partition coefficient (Wildman–Crippen LogP) is 3.06. The molecule has 0 aliphatic carbocycles. The molecule has 3 rings (SSSR count). The molecule has 0 saturated carbocycles. The highest BCUT2D eigenvalue weighted by Crippen LogP contribution is 2.19.